The van der Waals surface area contributed by atoms with Gasteiger partial charge in [0.1, 0.15) is 0 Å². The third-order valence-electron chi connectivity index (χ3n) is 4.12. The summed E-state index contributed by atoms with van der Waals surface area (Å²) in [6, 6.07) is 5.82. The molecule has 0 heterocycles. The van der Waals surface area contributed by atoms with Gasteiger partial charge in [0.05, 0.1) is 6.10 Å². The third-order valence-corrected chi connectivity index (χ3v) is 4.70. The van der Waals surface area contributed by atoms with E-state index in [0.717, 1.165) is 11.8 Å². The smallest absolute Gasteiger partial charge is 0.0929 e. The van der Waals surface area contributed by atoms with Crippen molar-refractivity contribution in [3.63, 3.8) is 0 Å². The van der Waals surface area contributed by atoms with Gasteiger partial charge in [-0.25, -0.2) is 0 Å². The minimum atomic E-state index is -0.591. The second-order valence-corrected chi connectivity index (χ2v) is 6.63. The molecule has 2 nitrogen and oxygen atoms in total. The van der Waals surface area contributed by atoms with Gasteiger partial charge in [-0.2, -0.15) is 0 Å². The number of hydrogen-bond acceptors (Lipinski definition) is 2. The first-order chi connectivity index (χ1) is 9.15. The molecule has 1 atom stereocenters. The van der Waals surface area contributed by atoms with Crippen molar-refractivity contribution in [2.45, 2.75) is 37.8 Å². The Hall–Kier alpha value is -0.280. The lowest BCUT2D eigenvalue weighted by atomic mass is 10.1. The second kappa shape index (κ2) is 5.61. The van der Waals surface area contributed by atoms with Crippen LogP contribution >= 0.6 is 23.2 Å². The molecule has 3 rings (SSSR count). The molecule has 19 heavy (non-hydrogen) atoms. The number of benzene rings is 1. The molecule has 0 spiro atoms. The van der Waals surface area contributed by atoms with Crippen molar-refractivity contribution < 1.29 is 5.11 Å². The van der Waals surface area contributed by atoms with E-state index in [-0.39, 0.29) is 0 Å². The van der Waals surface area contributed by atoms with Crippen LogP contribution in [0.15, 0.2) is 18.2 Å². The maximum atomic E-state index is 10.3. The van der Waals surface area contributed by atoms with E-state index in [4.69, 9.17) is 23.2 Å². The maximum absolute atomic E-state index is 10.3. The number of halogens is 2. The molecule has 104 valence electrons. The minimum Gasteiger partial charge on any atom is -0.387 e. The van der Waals surface area contributed by atoms with Crippen LogP contribution in [0.3, 0.4) is 0 Å². The molecular formula is C15H19Cl2NO. The van der Waals surface area contributed by atoms with E-state index in [1.807, 2.05) is 0 Å². The predicted octanol–water partition coefficient (Wildman–Crippen LogP) is 3.81. The quantitative estimate of drug-likeness (QED) is 0.837. The SMILES string of the molecule is OC(CNC(C1CC1)C1CC1)c1cc(Cl)ccc1Cl. The summed E-state index contributed by atoms with van der Waals surface area (Å²) < 4.78 is 0. The van der Waals surface area contributed by atoms with E-state index in [0.29, 0.717) is 28.2 Å². The van der Waals surface area contributed by atoms with E-state index in [2.05, 4.69) is 5.32 Å². The topological polar surface area (TPSA) is 32.3 Å². The van der Waals surface area contributed by atoms with E-state index >= 15 is 0 Å². The Labute approximate surface area is 124 Å². The summed E-state index contributed by atoms with van der Waals surface area (Å²) in [5.41, 5.74) is 0.715. The van der Waals surface area contributed by atoms with Crippen LogP contribution in [0.4, 0.5) is 0 Å². The molecule has 0 radical (unpaired) electrons. The number of rotatable bonds is 6. The predicted molar refractivity (Wildman–Crippen MR) is 78.7 cm³/mol. The Morgan fingerprint density at radius 1 is 1.16 bits per heavy atom. The van der Waals surface area contributed by atoms with Crippen LogP contribution in [0.25, 0.3) is 0 Å². The van der Waals surface area contributed by atoms with Crippen molar-refractivity contribution in [3.05, 3.63) is 33.8 Å². The van der Waals surface area contributed by atoms with Crippen LogP contribution in [-0.4, -0.2) is 17.7 Å². The number of aliphatic hydroxyl groups is 1. The van der Waals surface area contributed by atoms with Gasteiger partial charge in [0.25, 0.3) is 0 Å². The van der Waals surface area contributed by atoms with Crippen molar-refractivity contribution in [1.29, 1.82) is 0 Å². The molecule has 2 saturated carbocycles. The van der Waals surface area contributed by atoms with E-state index in [1.54, 1.807) is 18.2 Å². The Bertz CT molecular complexity index is 445. The van der Waals surface area contributed by atoms with Gasteiger partial charge in [-0.3, -0.25) is 0 Å². The molecule has 1 aromatic carbocycles. The van der Waals surface area contributed by atoms with Gasteiger partial charge >= 0.3 is 0 Å². The standard InChI is InChI=1S/C15H19Cl2NO/c16-11-5-6-13(17)12(7-11)14(19)8-18-15(9-1-2-9)10-3-4-10/h5-7,9-10,14-15,18-19H,1-4,8H2. The van der Waals surface area contributed by atoms with Gasteiger partial charge in [-0.15, -0.1) is 0 Å². The zero-order valence-corrected chi connectivity index (χ0v) is 12.3. The zero-order chi connectivity index (χ0) is 13.4. The summed E-state index contributed by atoms with van der Waals surface area (Å²) in [7, 11) is 0. The average molecular weight is 300 g/mol. The van der Waals surface area contributed by atoms with Gasteiger partial charge in [0, 0.05) is 28.2 Å². The summed E-state index contributed by atoms with van der Waals surface area (Å²) in [6.45, 7) is 0.553. The minimum absolute atomic E-state index is 0.553. The Morgan fingerprint density at radius 2 is 1.79 bits per heavy atom. The highest BCUT2D eigenvalue weighted by Gasteiger charge is 2.41. The molecule has 1 unspecified atom stereocenters. The fourth-order valence-electron chi connectivity index (χ4n) is 2.76. The molecule has 0 aromatic heterocycles. The van der Waals surface area contributed by atoms with E-state index in [1.165, 1.54) is 25.7 Å². The highest BCUT2D eigenvalue weighted by atomic mass is 35.5. The number of hydrogen-bond donors (Lipinski definition) is 2. The monoisotopic (exact) mass is 299 g/mol. The first-order valence-electron chi connectivity index (χ1n) is 7.01. The van der Waals surface area contributed by atoms with Gasteiger partial charge in [-0.05, 0) is 55.7 Å². The van der Waals surface area contributed by atoms with Crippen molar-refractivity contribution in [2.75, 3.05) is 6.54 Å². The fourth-order valence-corrected chi connectivity index (χ4v) is 3.18. The molecule has 1 aromatic rings. The molecule has 2 N–H and O–H groups in total. The maximum Gasteiger partial charge on any atom is 0.0929 e. The van der Waals surface area contributed by atoms with Crippen molar-refractivity contribution >= 4 is 23.2 Å². The Kier molecular flexibility index (Phi) is 4.04. The highest BCUT2D eigenvalue weighted by molar-refractivity contribution is 6.33. The molecule has 0 amide bonds. The first kappa shape index (κ1) is 13.7. The summed E-state index contributed by atoms with van der Waals surface area (Å²) >= 11 is 12.1. The number of aliphatic hydroxyl groups excluding tert-OH is 1. The molecule has 2 fully saturated rings. The van der Waals surface area contributed by atoms with E-state index < -0.39 is 6.10 Å². The molecule has 0 saturated heterocycles. The van der Waals surface area contributed by atoms with Crippen LogP contribution in [0.5, 0.6) is 0 Å². The van der Waals surface area contributed by atoms with Gasteiger partial charge in [0.15, 0.2) is 0 Å². The lowest BCUT2D eigenvalue weighted by molar-refractivity contribution is 0.166. The van der Waals surface area contributed by atoms with Crippen molar-refractivity contribution in [2.24, 2.45) is 11.8 Å². The lowest BCUT2D eigenvalue weighted by Crippen LogP contribution is -2.36. The largest absolute Gasteiger partial charge is 0.387 e. The third kappa shape index (κ3) is 3.43. The Balaban J connectivity index is 1.60. The number of nitrogens with one attached hydrogen (secondary N) is 1. The molecular weight excluding hydrogens is 281 g/mol. The van der Waals surface area contributed by atoms with Crippen LogP contribution in [0, 0.1) is 11.8 Å². The second-order valence-electron chi connectivity index (χ2n) is 5.79. The van der Waals surface area contributed by atoms with Crippen LogP contribution in [0.2, 0.25) is 10.0 Å². The molecule has 0 aliphatic heterocycles. The normalized spacial score (nSPS) is 20.8. The first-order valence-corrected chi connectivity index (χ1v) is 7.77. The lowest BCUT2D eigenvalue weighted by Gasteiger charge is -2.21. The molecule has 2 aliphatic rings. The van der Waals surface area contributed by atoms with Gasteiger partial charge in [0.2, 0.25) is 0 Å². The fraction of sp³-hybridized carbons (Fsp3) is 0.600. The highest BCUT2D eigenvalue weighted by Crippen LogP contribution is 2.44. The summed E-state index contributed by atoms with van der Waals surface area (Å²) in [6.07, 6.45) is 4.75. The van der Waals surface area contributed by atoms with Crippen LogP contribution in [0.1, 0.15) is 37.4 Å². The molecule has 0 bridgehead atoms. The van der Waals surface area contributed by atoms with E-state index in [9.17, 15) is 5.11 Å². The van der Waals surface area contributed by atoms with Crippen molar-refractivity contribution in [3.8, 4) is 0 Å². The summed E-state index contributed by atoms with van der Waals surface area (Å²) in [4.78, 5) is 0. The molecule has 4 heteroatoms. The summed E-state index contributed by atoms with van der Waals surface area (Å²) in [5.74, 6) is 1.66. The molecule has 2 aliphatic carbocycles. The average Bonchev–Trinajstić information content (AvgIpc) is 3.25. The summed E-state index contributed by atoms with van der Waals surface area (Å²) in [5, 5.41) is 15.0. The van der Waals surface area contributed by atoms with Gasteiger partial charge < -0.3 is 10.4 Å². The zero-order valence-electron chi connectivity index (χ0n) is 10.8. The van der Waals surface area contributed by atoms with Crippen LogP contribution < -0.4 is 5.32 Å². The van der Waals surface area contributed by atoms with Crippen molar-refractivity contribution in [1.82, 2.24) is 5.32 Å². The van der Waals surface area contributed by atoms with Crippen LogP contribution in [-0.2, 0) is 0 Å². The van der Waals surface area contributed by atoms with Gasteiger partial charge in [-0.1, -0.05) is 23.2 Å². The Morgan fingerprint density at radius 3 is 2.37 bits per heavy atom.